The van der Waals surface area contributed by atoms with Gasteiger partial charge in [-0.2, -0.15) is 0 Å². The molecule has 0 radical (unpaired) electrons. The molecule has 2 aliphatic carbocycles. The Kier molecular flexibility index (Phi) is 24.7. The van der Waals surface area contributed by atoms with Crippen LogP contribution in [0.1, 0.15) is 198 Å². The smallest absolute Gasteiger partial charge is 0.343 e. The minimum Gasteiger partial charge on any atom is -0.494 e. The molecule has 0 spiro atoms. The summed E-state index contributed by atoms with van der Waals surface area (Å²) >= 11 is 0. The predicted molar refractivity (Wildman–Crippen MR) is 241 cm³/mol. The van der Waals surface area contributed by atoms with Gasteiger partial charge in [-0.3, -0.25) is 14.4 Å². The average molecular weight is 847 g/mol. The topological polar surface area (TPSA) is 114 Å². The van der Waals surface area contributed by atoms with Crippen molar-refractivity contribution in [2.24, 2.45) is 23.7 Å². The third-order valence-electron chi connectivity index (χ3n) is 12.8. The molecule has 0 heterocycles. The van der Waals surface area contributed by atoms with Crippen LogP contribution in [-0.2, 0) is 23.9 Å². The van der Waals surface area contributed by atoms with Crippen LogP contribution in [0.3, 0.4) is 0 Å². The molecule has 9 heteroatoms. The molecule has 4 rings (SSSR count). The fourth-order valence-electron chi connectivity index (χ4n) is 8.97. The molecule has 2 aromatic carbocycles. The average Bonchev–Trinajstić information content (AvgIpc) is 3.28. The number of hydrogen-bond acceptors (Lipinski definition) is 9. The highest BCUT2D eigenvalue weighted by Crippen LogP contribution is 2.42. The Morgan fingerprint density at radius 2 is 0.918 bits per heavy atom. The van der Waals surface area contributed by atoms with Crippen LogP contribution in [0.5, 0.6) is 17.2 Å². The van der Waals surface area contributed by atoms with E-state index in [0.29, 0.717) is 42.6 Å². The van der Waals surface area contributed by atoms with E-state index in [0.717, 1.165) is 94.8 Å². The Bertz CT molecular complexity index is 1500. The Balaban J connectivity index is 0.974. The summed E-state index contributed by atoms with van der Waals surface area (Å²) in [6.07, 6.45) is 29.2. The molecule has 340 valence electrons. The summed E-state index contributed by atoms with van der Waals surface area (Å²) in [6.45, 7) is 5.88. The zero-order valence-electron chi connectivity index (χ0n) is 37.8. The first-order chi connectivity index (χ1) is 29.8. The molecule has 0 N–H and O–H groups in total. The highest BCUT2D eigenvalue weighted by molar-refractivity contribution is 5.91. The fraction of sp³-hybridized carbons (Fsp3) is 0.692. The number of hydrogen-bond donors (Lipinski definition) is 0. The van der Waals surface area contributed by atoms with E-state index in [2.05, 4.69) is 13.8 Å². The molecule has 0 amide bonds. The first-order valence-electron chi connectivity index (χ1n) is 24.4. The van der Waals surface area contributed by atoms with Gasteiger partial charge in [0, 0.05) is 0 Å². The summed E-state index contributed by atoms with van der Waals surface area (Å²) in [5, 5.41) is 0. The summed E-state index contributed by atoms with van der Waals surface area (Å²) in [5.74, 6) is 2.72. The summed E-state index contributed by atoms with van der Waals surface area (Å²) in [7, 11) is 0. The summed E-state index contributed by atoms with van der Waals surface area (Å²) in [6, 6.07) is 13.6. The van der Waals surface area contributed by atoms with Crippen LogP contribution in [0.2, 0.25) is 0 Å². The summed E-state index contributed by atoms with van der Waals surface area (Å²) in [4.78, 5) is 49.6. The van der Waals surface area contributed by atoms with E-state index in [9.17, 15) is 19.2 Å². The maximum absolute atomic E-state index is 13.0. The number of esters is 4. The Morgan fingerprint density at radius 3 is 1.46 bits per heavy atom. The van der Waals surface area contributed by atoms with Crippen molar-refractivity contribution in [2.75, 3.05) is 19.8 Å². The molecular formula is C52H78O9. The number of unbranched alkanes of at least 4 members (excludes halogenated alkanes) is 13. The zero-order valence-corrected chi connectivity index (χ0v) is 37.8. The second-order valence-corrected chi connectivity index (χ2v) is 17.7. The van der Waals surface area contributed by atoms with Crippen LogP contribution in [0.4, 0.5) is 0 Å². The lowest BCUT2D eigenvalue weighted by molar-refractivity contribution is -0.150. The van der Waals surface area contributed by atoms with Gasteiger partial charge < -0.3 is 23.7 Å². The molecule has 0 atom stereocenters. The Hall–Kier alpha value is -3.88. The number of carbonyl (C=O) groups is 4. The van der Waals surface area contributed by atoms with Crippen molar-refractivity contribution >= 4 is 23.9 Å². The molecule has 0 bridgehead atoms. The highest BCUT2D eigenvalue weighted by Gasteiger charge is 2.33. The lowest BCUT2D eigenvalue weighted by Gasteiger charge is -2.37. The van der Waals surface area contributed by atoms with Gasteiger partial charge >= 0.3 is 23.9 Å². The van der Waals surface area contributed by atoms with E-state index in [4.69, 9.17) is 23.7 Å². The molecule has 2 fully saturated rings. The molecule has 0 saturated heterocycles. The van der Waals surface area contributed by atoms with E-state index in [1.807, 2.05) is 0 Å². The molecule has 9 nitrogen and oxygen atoms in total. The Morgan fingerprint density at radius 1 is 0.475 bits per heavy atom. The largest absolute Gasteiger partial charge is 0.494 e. The number of rotatable bonds is 30. The normalized spacial score (nSPS) is 18.9. The maximum atomic E-state index is 13.0. The molecule has 2 aliphatic rings. The number of benzene rings is 2. The first kappa shape index (κ1) is 49.8. The molecule has 61 heavy (non-hydrogen) atoms. The standard InChI is InChI=1S/C52H78O9/c1-3-5-7-8-9-13-17-39-58-49(53)36-37-50(54)59-40-18-14-11-10-12-16-38-57-46-30-28-45(29-31-46)52(56)61-48-34-32-47(33-35-48)60-51(55)44-26-24-43(25-27-44)42-22-20-41(21-23-42)19-15-6-4-2/h28-35,41-44H,3-27,36-40H2,1-2H3. The van der Waals surface area contributed by atoms with Crippen LogP contribution < -0.4 is 14.2 Å². The van der Waals surface area contributed by atoms with E-state index in [1.54, 1.807) is 48.5 Å². The van der Waals surface area contributed by atoms with Gasteiger partial charge in [-0.25, -0.2) is 4.79 Å². The number of ether oxygens (including phenoxy) is 5. The first-order valence-corrected chi connectivity index (χ1v) is 24.4. The van der Waals surface area contributed by atoms with Gasteiger partial charge in [0.15, 0.2) is 0 Å². The van der Waals surface area contributed by atoms with Gasteiger partial charge in [0.05, 0.1) is 44.1 Å². The molecule has 0 unspecified atom stereocenters. The fourth-order valence-corrected chi connectivity index (χ4v) is 8.97. The molecule has 2 saturated carbocycles. The lowest BCUT2D eigenvalue weighted by atomic mass is 9.68. The second kappa shape index (κ2) is 30.2. The van der Waals surface area contributed by atoms with Crippen molar-refractivity contribution in [1.29, 1.82) is 0 Å². The Labute approximate surface area is 367 Å². The minimum atomic E-state index is -0.471. The number of carbonyl (C=O) groups excluding carboxylic acids is 4. The van der Waals surface area contributed by atoms with E-state index >= 15 is 0 Å². The predicted octanol–water partition coefficient (Wildman–Crippen LogP) is 13.3. The van der Waals surface area contributed by atoms with Crippen molar-refractivity contribution < 1.29 is 42.9 Å². The van der Waals surface area contributed by atoms with E-state index < -0.39 is 5.97 Å². The van der Waals surface area contributed by atoms with E-state index in [1.165, 1.54) is 83.5 Å². The SMILES string of the molecule is CCCCCCCCCOC(=O)CCC(=O)OCCCCCCCCOc1ccc(C(=O)Oc2ccc(OC(=O)C3CCC(C4CCC(CCCCC)CC4)CC3)cc2)cc1. The van der Waals surface area contributed by atoms with E-state index in [-0.39, 0.29) is 36.7 Å². The second-order valence-electron chi connectivity index (χ2n) is 17.7. The van der Waals surface area contributed by atoms with Crippen LogP contribution in [0.15, 0.2) is 48.5 Å². The van der Waals surface area contributed by atoms with Gasteiger partial charge in [0.1, 0.15) is 17.2 Å². The third kappa shape index (κ3) is 20.7. The van der Waals surface area contributed by atoms with Crippen LogP contribution in [-0.4, -0.2) is 43.7 Å². The lowest BCUT2D eigenvalue weighted by Crippen LogP contribution is -2.30. The van der Waals surface area contributed by atoms with Gasteiger partial charge in [-0.1, -0.05) is 117 Å². The van der Waals surface area contributed by atoms with Crippen LogP contribution in [0.25, 0.3) is 0 Å². The van der Waals surface area contributed by atoms with Crippen molar-refractivity contribution in [2.45, 2.75) is 187 Å². The van der Waals surface area contributed by atoms with Crippen molar-refractivity contribution in [3.05, 3.63) is 54.1 Å². The van der Waals surface area contributed by atoms with Crippen molar-refractivity contribution in [3.63, 3.8) is 0 Å². The summed E-state index contributed by atoms with van der Waals surface area (Å²) < 4.78 is 27.7. The van der Waals surface area contributed by atoms with Crippen LogP contribution in [0, 0.1) is 23.7 Å². The quantitative estimate of drug-likeness (QED) is 0.0430. The maximum Gasteiger partial charge on any atom is 0.343 e. The van der Waals surface area contributed by atoms with Crippen molar-refractivity contribution in [1.82, 2.24) is 0 Å². The molecule has 0 aliphatic heterocycles. The highest BCUT2D eigenvalue weighted by atomic mass is 16.5. The molecule has 0 aromatic heterocycles. The third-order valence-corrected chi connectivity index (χ3v) is 12.8. The van der Waals surface area contributed by atoms with Crippen LogP contribution >= 0.6 is 0 Å². The van der Waals surface area contributed by atoms with Gasteiger partial charge in [0.2, 0.25) is 0 Å². The monoisotopic (exact) mass is 847 g/mol. The van der Waals surface area contributed by atoms with Crippen molar-refractivity contribution in [3.8, 4) is 17.2 Å². The van der Waals surface area contributed by atoms with Gasteiger partial charge in [-0.15, -0.1) is 0 Å². The molecular weight excluding hydrogens is 769 g/mol. The summed E-state index contributed by atoms with van der Waals surface area (Å²) in [5.41, 5.74) is 0.417. The minimum absolute atomic E-state index is 0.0468. The van der Waals surface area contributed by atoms with Gasteiger partial charge in [0.25, 0.3) is 0 Å². The molecule has 2 aromatic rings. The zero-order chi connectivity index (χ0) is 43.3. The van der Waals surface area contributed by atoms with Gasteiger partial charge in [-0.05, 0) is 124 Å².